The summed E-state index contributed by atoms with van der Waals surface area (Å²) >= 11 is 3.65. The molecule has 2 aromatic carbocycles. The zero-order chi connectivity index (χ0) is 16.3. The number of halogens is 1. The molecule has 2 aromatic rings. The lowest BCUT2D eigenvalue weighted by molar-refractivity contribution is 0.295. The first-order valence-corrected chi connectivity index (χ1v) is 8.32. The molecule has 118 valence electrons. The number of ether oxygens (including phenoxy) is 1. The Labute approximate surface area is 141 Å². The number of aryl methyl sites for hydroxylation is 1. The molecule has 0 aliphatic carbocycles. The summed E-state index contributed by atoms with van der Waals surface area (Å²) in [5, 5.41) is 0. The van der Waals surface area contributed by atoms with Gasteiger partial charge in [0.1, 0.15) is 12.4 Å². The predicted molar refractivity (Wildman–Crippen MR) is 96.2 cm³/mol. The fraction of sp³-hybridized carbons (Fsp3) is 0.368. The molecule has 2 rings (SSSR count). The molecule has 0 aromatic heterocycles. The molecule has 0 fully saturated rings. The van der Waals surface area contributed by atoms with Crippen molar-refractivity contribution in [1.29, 1.82) is 0 Å². The average Bonchev–Trinajstić information content (AvgIpc) is 2.45. The van der Waals surface area contributed by atoms with Gasteiger partial charge in [0.15, 0.2) is 0 Å². The van der Waals surface area contributed by atoms with E-state index in [-0.39, 0.29) is 5.41 Å². The van der Waals surface area contributed by atoms with Gasteiger partial charge in [0.25, 0.3) is 0 Å². The Hall–Kier alpha value is -1.32. The smallest absolute Gasteiger partial charge is 0.137 e. The molecule has 0 unspecified atom stereocenters. The second-order valence-electron chi connectivity index (χ2n) is 6.68. The third-order valence-electron chi connectivity index (χ3n) is 3.64. The summed E-state index contributed by atoms with van der Waals surface area (Å²) in [5.74, 6) is 0.931. The van der Waals surface area contributed by atoms with Crippen molar-refractivity contribution in [2.45, 2.75) is 46.3 Å². The monoisotopic (exact) mass is 361 g/mol. The Balaban J connectivity index is 2.25. The molecule has 0 radical (unpaired) electrons. The highest BCUT2D eigenvalue weighted by Gasteiger charge is 2.21. The van der Waals surface area contributed by atoms with E-state index in [0.717, 1.165) is 21.3 Å². The van der Waals surface area contributed by atoms with Gasteiger partial charge in [-0.15, -0.1) is 0 Å². The van der Waals surface area contributed by atoms with Crippen molar-refractivity contribution < 1.29 is 4.74 Å². The molecular weight excluding hydrogens is 338 g/mol. The fourth-order valence-electron chi connectivity index (χ4n) is 2.36. The lowest BCUT2D eigenvalue weighted by Crippen LogP contribution is -2.14. The SMILES string of the molecule is Cc1cc(Br)c(OCc2ccc(CN)cc2)c(C(C)(C)C)c1. The first kappa shape index (κ1) is 17.0. The van der Waals surface area contributed by atoms with Crippen LogP contribution in [0.5, 0.6) is 5.75 Å². The molecule has 2 nitrogen and oxygen atoms in total. The van der Waals surface area contributed by atoms with Crippen LogP contribution >= 0.6 is 15.9 Å². The summed E-state index contributed by atoms with van der Waals surface area (Å²) < 4.78 is 7.14. The molecule has 2 N–H and O–H groups in total. The molecule has 0 bridgehead atoms. The Kier molecular flexibility index (Phi) is 5.30. The molecule has 22 heavy (non-hydrogen) atoms. The predicted octanol–water partition coefficient (Wildman–Crippen LogP) is 5.09. The van der Waals surface area contributed by atoms with E-state index in [1.54, 1.807) is 0 Å². The Morgan fingerprint density at radius 2 is 1.64 bits per heavy atom. The van der Waals surface area contributed by atoms with Crippen LogP contribution in [0.2, 0.25) is 0 Å². The van der Waals surface area contributed by atoms with E-state index in [9.17, 15) is 0 Å². The maximum absolute atomic E-state index is 6.13. The second kappa shape index (κ2) is 6.84. The third kappa shape index (κ3) is 4.11. The first-order chi connectivity index (χ1) is 10.3. The maximum atomic E-state index is 6.13. The summed E-state index contributed by atoms with van der Waals surface area (Å²) in [6.07, 6.45) is 0. The van der Waals surface area contributed by atoms with Crippen molar-refractivity contribution in [3.8, 4) is 5.75 Å². The Bertz CT molecular complexity index is 642. The molecule has 0 saturated heterocycles. The standard InChI is InChI=1S/C19H24BrNO/c1-13-9-16(19(2,3)4)18(17(20)10-13)22-12-15-7-5-14(11-21)6-8-15/h5-10H,11-12,21H2,1-4H3. The minimum absolute atomic E-state index is 0.0350. The van der Waals surface area contributed by atoms with E-state index in [1.807, 2.05) is 12.1 Å². The van der Waals surface area contributed by atoms with Crippen LogP contribution in [0.15, 0.2) is 40.9 Å². The van der Waals surface area contributed by atoms with Crippen molar-refractivity contribution in [1.82, 2.24) is 0 Å². The summed E-state index contributed by atoms with van der Waals surface area (Å²) in [5.41, 5.74) is 10.4. The summed E-state index contributed by atoms with van der Waals surface area (Å²) in [7, 11) is 0. The van der Waals surface area contributed by atoms with Crippen molar-refractivity contribution in [2.75, 3.05) is 0 Å². The summed E-state index contributed by atoms with van der Waals surface area (Å²) in [6.45, 7) is 9.84. The number of benzene rings is 2. The lowest BCUT2D eigenvalue weighted by Gasteiger charge is -2.24. The van der Waals surface area contributed by atoms with Crippen LogP contribution < -0.4 is 10.5 Å². The molecule has 0 amide bonds. The Morgan fingerprint density at radius 1 is 1.05 bits per heavy atom. The second-order valence-corrected chi connectivity index (χ2v) is 7.54. The molecular formula is C19H24BrNO. The van der Waals surface area contributed by atoms with Gasteiger partial charge < -0.3 is 10.5 Å². The van der Waals surface area contributed by atoms with Gasteiger partial charge in [-0.1, -0.05) is 51.1 Å². The number of hydrogen-bond donors (Lipinski definition) is 1. The van der Waals surface area contributed by atoms with E-state index in [0.29, 0.717) is 13.2 Å². The van der Waals surface area contributed by atoms with Crippen LogP contribution in [0, 0.1) is 6.92 Å². The van der Waals surface area contributed by atoms with Crippen LogP contribution in [0.1, 0.15) is 43.0 Å². The van der Waals surface area contributed by atoms with E-state index in [2.05, 4.69) is 67.9 Å². The van der Waals surface area contributed by atoms with Gasteiger partial charge in [-0.2, -0.15) is 0 Å². The van der Waals surface area contributed by atoms with Gasteiger partial charge in [0, 0.05) is 12.1 Å². The highest BCUT2D eigenvalue weighted by atomic mass is 79.9. The number of hydrogen-bond acceptors (Lipinski definition) is 2. The molecule has 3 heteroatoms. The van der Waals surface area contributed by atoms with Gasteiger partial charge in [0.2, 0.25) is 0 Å². The average molecular weight is 362 g/mol. The van der Waals surface area contributed by atoms with Gasteiger partial charge in [0.05, 0.1) is 4.47 Å². The molecule has 0 aliphatic heterocycles. The molecule has 0 heterocycles. The normalized spacial score (nSPS) is 11.5. The molecule has 0 aliphatic rings. The highest BCUT2D eigenvalue weighted by Crippen LogP contribution is 2.38. The number of nitrogens with two attached hydrogens (primary N) is 1. The summed E-state index contributed by atoms with van der Waals surface area (Å²) in [4.78, 5) is 0. The molecule has 0 spiro atoms. The zero-order valence-corrected chi connectivity index (χ0v) is 15.3. The Morgan fingerprint density at radius 3 is 2.18 bits per heavy atom. The molecule has 0 saturated carbocycles. The minimum atomic E-state index is 0.0350. The van der Waals surface area contributed by atoms with E-state index >= 15 is 0 Å². The first-order valence-electron chi connectivity index (χ1n) is 7.52. The van der Waals surface area contributed by atoms with Crippen LogP contribution in [0.4, 0.5) is 0 Å². The third-order valence-corrected chi connectivity index (χ3v) is 4.23. The quantitative estimate of drug-likeness (QED) is 0.822. The zero-order valence-electron chi connectivity index (χ0n) is 13.7. The minimum Gasteiger partial charge on any atom is -0.487 e. The van der Waals surface area contributed by atoms with Gasteiger partial charge >= 0.3 is 0 Å². The topological polar surface area (TPSA) is 35.2 Å². The van der Waals surface area contributed by atoms with Crippen LogP contribution in [0.25, 0.3) is 0 Å². The van der Waals surface area contributed by atoms with Crippen LogP contribution in [0.3, 0.4) is 0 Å². The van der Waals surface area contributed by atoms with Crippen molar-refractivity contribution in [3.63, 3.8) is 0 Å². The van der Waals surface area contributed by atoms with Gasteiger partial charge in [-0.25, -0.2) is 0 Å². The van der Waals surface area contributed by atoms with Crippen molar-refractivity contribution in [2.24, 2.45) is 5.73 Å². The lowest BCUT2D eigenvalue weighted by atomic mass is 9.85. The fourth-order valence-corrected chi connectivity index (χ4v) is 3.05. The largest absolute Gasteiger partial charge is 0.487 e. The number of rotatable bonds is 4. The molecule has 0 atom stereocenters. The van der Waals surface area contributed by atoms with Crippen molar-refractivity contribution in [3.05, 3.63) is 63.1 Å². The summed E-state index contributed by atoms with van der Waals surface area (Å²) in [6, 6.07) is 12.5. The van der Waals surface area contributed by atoms with Crippen molar-refractivity contribution >= 4 is 15.9 Å². The van der Waals surface area contributed by atoms with E-state index < -0.39 is 0 Å². The maximum Gasteiger partial charge on any atom is 0.137 e. The van der Waals surface area contributed by atoms with Gasteiger partial charge in [-0.3, -0.25) is 0 Å². The highest BCUT2D eigenvalue weighted by molar-refractivity contribution is 9.10. The van der Waals surface area contributed by atoms with E-state index in [4.69, 9.17) is 10.5 Å². The van der Waals surface area contributed by atoms with Crippen LogP contribution in [-0.2, 0) is 18.6 Å². The van der Waals surface area contributed by atoms with Crippen LogP contribution in [-0.4, -0.2) is 0 Å². The van der Waals surface area contributed by atoms with Gasteiger partial charge in [-0.05, 0) is 51.0 Å². The van der Waals surface area contributed by atoms with E-state index in [1.165, 1.54) is 11.1 Å².